The molecule has 1 aliphatic heterocycles. The lowest BCUT2D eigenvalue weighted by molar-refractivity contribution is -0.135. The number of benzene rings is 1. The number of likely N-dealkylation sites (tertiary alicyclic amines) is 1. The van der Waals surface area contributed by atoms with Crippen LogP contribution in [0.15, 0.2) is 27.7 Å². The minimum absolute atomic E-state index is 0.197. The third-order valence-electron chi connectivity index (χ3n) is 5.40. The quantitative estimate of drug-likeness (QED) is 0.559. The van der Waals surface area contributed by atoms with Crippen LogP contribution in [-0.2, 0) is 11.3 Å². The Hall–Kier alpha value is -1.63. The van der Waals surface area contributed by atoms with E-state index in [1.165, 1.54) is 31.4 Å². The molecule has 1 aromatic rings. The molecule has 0 aromatic heterocycles. The van der Waals surface area contributed by atoms with Crippen molar-refractivity contribution in [3.05, 3.63) is 34.1 Å². The molecule has 2 aliphatic rings. The van der Waals surface area contributed by atoms with E-state index >= 15 is 0 Å². The fourth-order valence-electron chi connectivity index (χ4n) is 3.97. The minimum atomic E-state index is -0.267. The van der Waals surface area contributed by atoms with Gasteiger partial charge in [0.05, 0.1) is 0 Å². The van der Waals surface area contributed by atoms with Gasteiger partial charge in [-0.3, -0.25) is 9.79 Å². The molecule has 1 aliphatic carbocycles. The second-order valence-electron chi connectivity index (χ2n) is 7.45. The van der Waals surface area contributed by atoms with Gasteiger partial charge in [0.1, 0.15) is 5.82 Å². The highest BCUT2D eigenvalue weighted by Crippen LogP contribution is 2.26. The second kappa shape index (κ2) is 9.53. The van der Waals surface area contributed by atoms with Gasteiger partial charge in [0.2, 0.25) is 5.91 Å². The van der Waals surface area contributed by atoms with Crippen LogP contribution in [0.1, 0.15) is 44.1 Å². The number of carbonyl (C=O) groups excluding carboxylic acids is 1. The number of amides is 1. The number of halogens is 2. The maximum absolute atomic E-state index is 13.5. The van der Waals surface area contributed by atoms with Crippen LogP contribution >= 0.6 is 15.9 Å². The zero-order valence-electron chi connectivity index (χ0n) is 15.8. The number of guanidine groups is 1. The number of aliphatic imine (C=N–C) groups is 1. The average molecular weight is 439 g/mol. The lowest BCUT2D eigenvalue weighted by Crippen LogP contribution is -2.45. The standard InChI is InChI=1S/C20H28BrFN4O/c1-23-20(24-12-14-9-16(21)11-17(22)10-14)25-18-7-8-26(13-18)19(27)15-5-3-2-4-6-15/h9-11,15,18H,2-8,12-13H2,1H3,(H2,23,24,25). The van der Waals surface area contributed by atoms with Crippen LogP contribution in [0.2, 0.25) is 0 Å². The molecule has 7 heteroatoms. The van der Waals surface area contributed by atoms with Gasteiger partial charge in [-0.2, -0.15) is 0 Å². The normalized spacial score (nSPS) is 21.4. The second-order valence-corrected chi connectivity index (χ2v) is 8.37. The fourth-order valence-corrected chi connectivity index (χ4v) is 4.49. The van der Waals surface area contributed by atoms with Crippen molar-refractivity contribution >= 4 is 27.8 Å². The molecule has 1 atom stereocenters. The highest BCUT2D eigenvalue weighted by Gasteiger charge is 2.31. The van der Waals surface area contributed by atoms with Gasteiger partial charge in [-0.25, -0.2) is 4.39 Å². The number of hydrogen-bond acceptors (Lipinski definition) is 2. The molecule has 2 fully saturated rings. The number of carbonyl (C=O) groups is 1. The van der Waals surface area contributed by atoms with Crippen LogP contribution in [0.4, 0.5) is 4.39 Å². The van der Waals surface area contributed by atoms with Gasteiger partial charge in [0, 0.05) is 43.1 Å². The van der Waals surface area contributed by atoms with Gasteiger partial charge >= 0.3 is 0 Å². The fraction of sp³-hybridized carbons (Fsp3) is 0.600. The first kappa shape index (κ1) is 20.1. The minimum Gasteiger partial charge on any atom is -0.352 e. The third kappa shape index (κ3) is 5.67. The molecule has 27 heavy (non-hydrogen) atoms. The van der Waals surface area contributed by atoms with Crippen LogP contribution in [0, 0.1) is 11.7 Å². The van der Waals surface area contributed by atoms with E-state index in [-0.39, 0.29) is 17.8 Å². The molecule has 1 saturated carbocycles. The SMILES string of the molecule is CN=C(NCc1cc(F)cc(Br)c1)NC1CCN(C(=O)C2CCCCC2)C1. The molecule has 2 N–H and O–H groups in total. The zero-order valence-corrected chi connectivity index (χ0v) is 17.4. The van der Waals surface area contributed by atoms with Crippen molar-refractivity contribution in [1.29, 1.82) is 0 Å². The number of nitrogens with zero attached hydrogens (tertiary/aromatic N) is 2. The van der Waals surface area contributed by atoms with Crippen molar-refractivity contribution in [3.63, 3.8) is 0 Å². The van der Waals surface area contributed by atoms with Crippen molar-refractivity contribution in [2.45, 2.75) is 51.1 Å². The average Bonchev–Trinajstić information content (AvgIpc) is 3.13. The summed E-state index contributed by atoms with van der Waals surface area (Å²) < 4.78 is 14.2. The molecule has 1 amide bonds. The number of rotatable bonds is 4. The van der Waals surface area contributed by atoms with Crippen LogP contribution in [0.25, 0.3) is 0 Å². The molecular formula is C20H28BrFN4O. The van der Waals surface area contributed by atoms with Crippen molar-refractivity contribution in [2.75, 3.05) is 20.1 Å². The molecule has 1 aromatic carbocycles. The number of nitrogens with one attached hydrogen (secondary N) is 2. The van der Waals surface area contributed by atoms with E-state index < -0.39 is 0 Å². The maximum atomic E-state index is 13.5. The van der Waals surface area contributed by atoms with E-state index in [1.807, 2.05) is 11.0 Å². The summed E-state index contributed by atoms with van der Waals surface area (Å²) in [4.78, 5) is 18.9. The molecule has 148 valence electrons. The van der Waals surface area contributed by atoms with Crippen molar-refractivity contribution < 1.29 is 9.18 Å². The summed E-state index contributed by atoms with van der Waals surface area (Å²) >= 11 is 3.31. The molecular weight excluding hydrogens is 411 g/mol. The first-order chi connectivity index (χ1) is 13.0. The van der Waals surface area contributed by atoms with Crippen molar-refractivity contribution in [1.82, 2.24) is 15.5 Å². The Kier molecular flexibility index (Phi) is 7.10. The van der Waals surface area contributed by atoms with Crippen LogP contribution in [0.5, 0.6) is 0 Å². The van der Waals surface area contributed by atoms with E-state index in [4.69, 9.17) is 0 Å². The monoisotopic (exact) mass is 438 g/mol. The third-order valence-corrected chi connectivity index (χ3v) is 5.86. The molecule has 1 heterocycles. The largest absolute Gasteiger partial charge is 0.352 e. The van der Waals surface area contributed by atoms with E-state index in [2.05, 4.69) is 31.6 Å². The smallest absolute Gasteiger partial charge is 0.225 e. The Morgan fingerprint density at radius 3 is 2.74 bits per heavy atom. The Balaban J connectivity index is 1.48. The lowest BCUT2D eigenvalue weighted by atomic mass is 9.88. The molecule has 0 radical (unpaired) electrons. The summed E-state index contributed by atoms with van der Waals surface area (Å²) in [6.45, 7) is 2.01. The molecule has 1 unspecified atom stereocenters. The predicted molar refractivity (Wildman–Crippen MR) is 109 cm³/mol. The summed E-state index contributed by atoms with van der Waals surface area (Å²) in [6, 6.07) is 5.02. The summed E-state index contributed by atoms with van der Waals surface area (Å²) in [6.07, 6.45) is 6.62. The van der Waals surface area contributed by atoms with Crippen LogP contribution in [-0.4, -0.2) is 42.9 Å². The summed E-state index contributed by atoms with van der Waals surface area (Å²) in [5.74, 6) is 0.956. The van der Waals surface area contributed by atoms with Gasteiger partial charge in [-0.1, -0.05) is 35.2 Å². The Labute approximate surface area is 168 Å². The van der Waals surface area contributed by atoms with Gasteiger partial charge in [-0.05, 0) is 43.0 Å². The van der Waals surface area contributed by atoms with E-state index in [0.717, 1.165) is 42.4 Å². The van der Waals surface area contributed by atoms with Gasteiger partial charge in [0.25, 0.3) is 0 Å². The Morgan fingerprint density at radius 1 is 1.26 bits per heavy atom. The van der Waals surface area contributed by atoms with Crippen molar-refractivity contribution in [3.8, 4) is 0 Å². The summed E-state index contributed by atoms with van der Waals surface area (Å²) in [5.41, 5.74) is 0.838. The molecule has 3 rings (SSSR count). The maximum Gasteiger partial charge on any atom is 0.225 e. The zero-order chi connectivity index (χ0) is 19.2. The van der Waals surface area contributed by atoms with E-state index in [1.54, 1.807) is 7.05 Å². The van der Waals surface area contributed by atoms with Crippen LogP contribution in [0.3, 0.4) is 0 Å². The Bertz CT molecular complexity index is 670. The lowest BCUT2D eigenvalue weighted by Gasteiger charge is -2.26. The first-order valence-electron chi connectivity index (χ1n) is 9.76. The van der Waals surface area contributed by atoms with Gasteiger partial charge in [0.15, 0.2) is 5.96 Å². The van der Waals surface area contributed by atoms with Crippen LogP contribution < -0.4 is 10.6 Å². The highest BCUT2D eigenvalue weighted by atomic mass is 79.9. The summed E-state index contributed by atoms with van der Waals surface area (Å²) in [7, 11) is 1.72. The molecule has 0 spiro atoms. The van der Waals surface area contributed by atoms with Crippen molar-refractivity contribution in [2.24, 2.45) is 10.9 Å². The summed E-state index contributed by atoms with van der Waals surface area (Å²) in [5, 5.41) is 6.61. The number of hydrogen-bond donors (Lipinski definition) is 2. The van der Waals surface area contributed by atoms with Gasteiger partial charge < -0.3 is 15.5 Å². The highest BCUT2D eigenvalue weighted by molar-refractivity contribution is 9.10. The Morgan fingerprint density at radius 2 is 2.04 bits per heavy atom. The first-order valence-corrected chi connectivity index (χ1v) is 10.6. The predicted octanol–water partition coefficient (Wildman–Crippen LogP) is 3.43. The topological polar surface area (TPSA) is 56.7 Å². The van der Waals surface area contributed by atoms with E-state index in [9.17, 15) is 9.18 Å². The molecule has 0 bridgehead atoms. The van der Waals surface area contributed by atoms with Gasteiger partial charge in [-0.15, -0.1) is 0 Å². The molecule has 5 nitrogen and oxygen atoms in total. The van der Waals surface area contributed by atoms with E-state index in [0.29, 0.717) is 18.4 Å². The molecule has 1 saturated heterocycles.